The van der Waals surface area contributed by atoms with Crippen molar-refractivity contribution in [2.24, 2.45) is 0 Å². The van der Waals surface area contributed by atoms with Crippen LogP contribution in [-0.4, -0.2) is 46.2 Å². The van der Waals surface area contributed by atoms with E-state index in [1.807, 2.05) is 13.1 Å². The lowest BCUT2D eigenvalue weighted by atomic mass is 10.2. The molecular weight excluding hydrogens is 288 g/mol. The number of hydrogen-bond acceptors (Lipinski definition) is 6. The van der Waals surface area contributed by atoms with Crippen molar-refractivity contribution in [3.63, 3.8) is 0 Å². The van der Waals surface area contributed by atoms with Crippen molar-refractivity contribution in [2.75, 3.05) is 13.2 Å². The van der Waals surface area contributed by atoms with E-state index in [4.69, 9.17) is 14.0 Å². The molecule has 3 heterocycles. The number of carbonyl (C=O) groups is 1. The minimum absolute atomic E-state index is 0.182. The Morgan fingerprint density at radius 1 is 1.55 bits per heavy atom. The van der Waals surface area contributed by atoms with Gasteiger partial charge in [-0.1, -0.05) is 5.16 Å². The maximum Gasteiger partial charge on any atom is 0.290 e. The summed E-state index contributed by atoms with van der Waals surface area (Å²) >= 11 is 0. The summed E-state index contributed by atoms with van der Waals surface area (Å²) in [6.45, 7) is 5.34. The van der Waals surface area contributed by atoms with Crippen LogP contribution in [0.15, 0.2) is 23.0 Å². The summed E-state index contributed by atoms with van der Waals surface area (Å²) < 4.78 is 18.0. The SMILES string of the molecule is CCn1cc(O[C@@H]2COC[C@@H]2NC(=O)c2cc(C)no2)cn1. The third-order valence-electron chi connectivity index (χ3n) is 3.42. The van der Waals surface area contributed by atoms with Crippen molar-refractivity contribution in [1.29, 1.82) is 0 Å². The Labute approximate surface area is 127 Å². The molecule has 1 fully saturated rings. The highest BCUT2D eigenvalue weighted by Crippen LogP contribution is 2.17. The Bertz CT molecular complexity index is 651. The predicted molar refractivity (Wildman–Crippen MR) is 75.6 cm³/mol. The smallest absolute Gasteiger partial charge is 0.290 e. The van der Waals surface area contributed by atoms with Gasteiger partial charge in [-0.3, -0.25) is 9.48 Å². The molecule has 2 aromatic rings. The van der Waals surface area contributed by atoms with E-state index in [0.717, 1.165) is 6.54 Å². The molecule has 0 bridgehead atoms. The van der Waals surface area contributed by atoms with E-state index in [1.54, 1.807) is 23.9 Å². The van der Waals surface area contributed by atoms with Crippen molar-refractivity contribution >= 4 is 5.91 Å². The first kappa shape index (κ1) is 14.6. The largest absolute Gasteiger partial charge is 0.482 e. The van der Waals surface area contributed by atoms with Crippen molar-refractivity contribution < 1.29 is 18.8 Å². The van der Waals surface area contributed by atoms with Gasteiger partial charge in [-0.2, -0.15) is 5.10 Å². The Kier molecular flexibility index (Phi) is 4.10. The first-order valence-corrected chi connectivity index (χ1v) is 7.16. The highest BCUT2D eigenvalue weighted by atomic mass is 16.5. The van der Waals surface area contributed by atoms with Gasteiger partial charge < -0.3 is 19.3 Å². The zero-order chi connectivity index (χ0) is 15.5. The van der Waals surface area contributed by atoms with E-state index in [-0.39, 0.29) is 23.8 Å². The molecule has 3 rings (SSSR count). The van der Waals surface area contributed by atoms with E-state index in [1.165, 1.54) is 0 Å². The molecule has 0 aliphatic carbocycles. The molecule has 2 atom stereocenters. The molecule has 118 valence electrons. The minimum atomic E-state index is -0.325. The van der Waals surface area contributed by atoms with Crippen molar-refractivity contribution in [3.8, 4) is 5.75 Å². The quantitative estimate of drug-likeness (QED) is 0.877. The first-order valence-electron chi connectivity index (χ1n) is 7.16. The standard InChI is InChI=1S/C14H18N4O4/c1-3-18-6-10(5-15-18)21-13-8-20-7-11(13)16-14(19)12-4-9(2)17-22-12/h4-6,11,13H,3,7-8H2,1-2H3,(H,16,19)/t11-,13+/m0/s1. The van der Waals surface area contributed by atoms with Crippen LogP contribution in [0.25, 0.3) is 0 Å². The number of ether oxygens (including phenoxy) is 2. The fraction of sp³-hybridized carbons (Fsp3) is 0.500. The summed E-state index contributed by atoms with van der Waals surface area (Å²) in [6.07, 6.45) is 3.21. The predicted octanol–water partition coefficient (Wildman–Crippen LogP) is 0.776. The normalized spacial score (nSPS) is 21.0. The van der Waals surface area contributed by atoms with Crippen LogP contribution in [0.2, 0.25) is 0 Å². The molecule has 0 unspecified atom stereocenters. The third-order valence-corrected chi connectivity index (χ3v) is 3.42. The monoisotopic (exact) mass is 306 g/mol. The lowest BCUT2D eigenvalue weighted by Gasteiger charge is -2.18. The van der Waals surface area contributed by atoms with Crippen LogP contribution < -0.4 is 10.1 Å². The molecular formula is C14H18N4O4. The number of hydrogen-bond donors (Lipinski definition) is 1. The fourth-order valence-electron chi connectivity index (χ4n) is 2.25. The molecule has 22 heavy (non-hydrogen) atoms. The summed E-state index contributed by atoms with van der Waals surface area (Å²) in [7, 11) is 0. The zero-order valence-electron chi connectivity index (χ0n) is 12.5. The highest BCUT2D eigenvalue weighted by molar-refractivity contribution is 5.91. The lowest BCUT2D eigenvalue weighted by molar-refractivity contribution is 0.0867. The molecule has 1 amide bonds. The number of rotatable bonds is 5. The molecule has 1 saturated heterocycles. The molecule has 2 aromatic heterocycles. The Hall–Kier alpha value is -2.35. The minimum Gasteiger partial charge on any atom is -0.482 e. The number of nitrogens with one attached hydrogen (secondary N) is 1. The summed E-state index contributed by atoms with van der Waals surface area (Å²) in [4.78, 5) is 12.1. The van der Waals surface area contributed by atoms with E-state index in [0.29, 0.717) is 24.7 Å². The van der Waals surface area contributed by atoms with Crippen LogP contribution >= 0.6 is 0 Å². The average molecular weight is 306 g/mol. The molecule has 1 aliphatic rings. The Morgan fingerprint density at radius 2 is 2.41 bits per heavy atom. The maximum absolute atomic E-state index is 12.1. The number of aryl methyl sites for hydroxylation is 2. The van der Waals surface area contributed by atoms with Crippen LogP contribution in [0, 0.1) is 6.92 Å². The summed E-state index contributed by atoms with van der Waals surface area (Å²) in [5.41, 5.74) is 0.660. The molecule has 8 heteroatoms. The molecule has 1 aliphatic heterocycles. The Balaban J connectivity index is 1.61. The van der Waals surface area contributed by atoms with Gasteiger partial charge in [-0.05, 0) is 13.8 Å². The van der Waals surface area contributed by atoms with Gasteiger partial charge in [0.05, 0.1) is 37.3 Å². The topological polar surface area (TPSA) is 91.4 Å². The fourth-order valence-corrected chi connectivity index (χ4v) is 2.25. The number of amides is 1. The number of nitrogens with zero attached hydrogens (tertiary/aromatic N) is 3. The number of carbonyl (C=O) groups excluding carboxylic acids is 1. The van der Waals surface area contributed by atoms with Gasteiger partial charge in [-0.15, -0.1) is 0 Å². The van der Waals surface area contributed by atoms with Gasteiger partial charge in [-0.25, -0.2) is 0 Å². The van der Waals surface area contributed by atoms with Crippen LogP contribution in [0.5, 0.6) is 5.75 Å². The van der Waals surface area contributed by atoms with Crippen molar-refractivity contribution in [1.82, 2.24) is 20.3 Å². The summed E-state index contributed by atoms with van der Waals surface area (Å²) in [5.74, 6) is 0.517. The summed E-state index contributed by atoms with van der Waals surface area (Å²) in [5, 5.41) is 10.7. The van der Waals surface area contributed by atoms with Crippen LogP contribution in [0.3, 0.4) is 0 Å². The van der Waals surface area contributed by atoms with E-state index >= 15 is 0 Å². The second kappa shape index (κ2) is 6.18. The van der Waals surface area contributed by atoms with E-state index in [2.05, 4.69) is 15.6 Å². The molecule has 0 aromatic carbocycles. The van der Waals surface area contributed by atoms with Crippen molar-refractivity contribution in [3.05, 3.63) is 29.9 Å². The number of aromatic nitrogens is 3. The Morgan fingerprint density at radius 3 is 3.09 bits per heavy atom. The molecule has 0 radical (unpaired) electrons. The van der Waals surface area contributed by atoms with Gasteiger partial charge >= 0.3 is 0 Å². The average Bonchev–Trinajstić information content (AvgIpc) is 3.22. The van der Waals surface area contributed by atoms with Gasteiger partial charge in [0.2, 0.25) is 5.76 Å². The third kappa shape index (κ3) is 3.11. The maximum atomic E-state index is 12.1. The van der Waals surface area contributed by atoms with Crippen LogP contribution in [0.4, 0.5) is 0 Å². The van der Waals surface area contributed by atoms with Crippen LogP contribution in [0.1, 0.15) is 23.2 Å². The second-order valence-corrected chi connectivity index (χ2v) is 5.14. The molecule has 1 N–H and O–H groups in total. The molecule has 8 nitrogen and oxygen atoms in total. The second-order valence-electron chi connectivity index (χ2n) is 5.14. The highest BCUT2D eigenvalue weighted by Gasteiger charge is 2.32. The summed E-state index contributed by atoms with van der Waals surface area (Å²) in [6, 6.07) is 1.34. The lowest BCUT2D eigenvalue weighted by Crippen LogP contribution is -2.45. The molecule has 0 spiro atoms. The zero-order valence-corrected chi connectivity index (χ0v) is 12.5. The van der Waals surface area contributed by atoms with Crippen molar-refractivity contribution in [2.45, 2.75) is 32.5 Å². The van der Waals surface area contributed by atoms with Gasteiger partial charge in [0.25, 0.3) is 5.91 Å². The van der Waals surface area contributed by atoms with Gasteiger partial charge in [0.15, 0.2) is 5.75 Å². The van der Waals surface area contributed by atoms with Crippen LogP contribution in [-0.2, 0) is 11.3 Å². The van der Waals surface area contributed by atoms with Gasteiger partial charge in [0.1, 0.15) is 6.10 Å². The molecule has 0 saturated carbocycles. The van der Waals surface area contributed by atoms with Gasteiger partial charge in [0, 0.05) is 12.6 Å². The first-order chi connectivity index (χ1) is 10.7. The van der Waals surface area contributed by atoms with E-state index < -0.39 is 0 Å². The van der Waals surface area contributed by atoms with E-state index in [9.17, 15) is 4.79 Å².